The third-order valence-electron chi connectivity index (χ3n) is 7.48. The molecule has 9 nitrogen and oxygen atoms in total. The Balaban J connectivity index is 1.09. The molecule has 0 N–H and O–H groups in total. The standard InChI is InChI=1S/C25H32ClN5O4S/c1-17-12-30(23-27-10-22(11-28-23)36(3,33)34)13-18(2)31(17)24(32)35-21-8-25(9-21)15-29(16-25)14-19-4-6-20(26)7-5-19/h4-7,10-11,17-18,21H,8-9,12-16H2,1-3H3/t17-,18+. The van der Waals surface area contributed by atoms with Crippen LogP contribution in [0.15, 0.2) is 41.6 Å². The number of ether oxygens (including phenoxy) is 1. The lowest BCUT2D eigenvalue weighted by atomic mass is 9.61. The van der Waals surface area contributed by atoms with E-state index in [0.717, 1.165) is 43.8 Å². The van der Waals surface area contributed by atoms with Crippen molar-refractivity contribution in [2.45, 2.75) is 56.3 Å². The maximum atomic E-state index is 13.0. The zero-order valence-corrected chi connectivity index (χ0v) is 22.4. The van der Waals surface area contributed by atoms with Crippen LogP contribution in [-0.4, -0.2) is 84.9 Å². The summed E-state index contributed by atoms with van der Waals surface area (Å²) >= 11 is 5.97. The molecule has 1 aliphatic carbocycles. The predicted molar refractivity (Wildman–Crippen MR) is 137 cm³/mol. The second-order valence-corrected chi connectivity index (χ2v) is 13.1. The highest BCUT2D eigenvalue weighted by atomic mass is 35.5. The molecule has 0 unspecified atom stereocenters. The van der Waals surface area contributed by atoms with Crippen LogP contribution in [0.1, 0.15) is 32.3 Å². The molecule has 1 aromatic heterocycles. The number of halogens is 1. The van der Waals surface area contributed by atoms with Gasteiger partial charge in [0.05, 0.1) is 24.5 Å². The van der Waals surface area contributed by atoms with Gasteiger partial charge in [0.15, 0.2) is 9.84 Å². The van der Waals surface area contributed by atoms with E-state index in [9.17, 15) is 13.2 Å². The van der Waals surface area contributed by atoms with Crippen LogP contribution >= 0.6 is 11.6 Å². The van der Waals surface area contributed by atoms with Crippen molar-refractivity contribution in [3.63, 3.8) is 0 Å². The third-order valence-corrected chi connectivity index (χ3v) is 8.80. The first-order chi connectivity index (χ1) is 17.0. The second kappa shape index (κ2) is 9.46. The molecule has 5 rings (SSSR count). The van der Waals surface area contributed by atoms with E-state index in [1.54, 1.807) is 4.90 Å². The Morgan fingerprint density at radius 1 is 1.08 bits per heavy atom. The highest BCUT2D eigenvalue weighted by Crippen LogP contribution is 2.50. The average molecular weight is 534 g/mol. The Hall–Kier alpha value is -2.43. The Morgan fingerprint density at radius 2 is 1.67 bits per heavy atom. The van der Waals surface area contributed by atoms with Crippen molar-refractivity contribution in [1.29, 1.82) is 0 Å². The molecular weight excluding hydrogens is 502 g/mol. The van der Waals surface area contributed by atoms with E-state index < -0.39 is 9.84 Å². The van der Waals surface area contributed by atoms with Gasteiger partial charge in [-0.25, -0.2) is 23.2 Å². The van der Waals surface area contributed by atoms with Gasteiger partial charge in [0, 0.05) is 49.4 Å². The summed E-state index contributed by atoms with van der Waals surface area (Å²) in [5.41, 5.74) is 1.54. The van der Waals surface area contributed by atoms with Crippen molar-refractivity contribution < 1.29 is 17.9 Å². The minimum atomic E-state index is -3.35. The van der Waals surface area contributed by atoms with E-state index in [1.165, 1.54) is 18.0 Å². The molecule has 11 heteroatoms. The fourth-order valence-electron chi connectivity index (χ4n) is 5.82. The van der Waals surface area contributed by atoms with E-state index in [-0.39, 0.29) is 34.6 Å². The molecule has 1 aromatic carbocycles. The summed E-state index contributed by atoms with van der Waals surface area (Å²) in [4.78, 5) is 27.8. The van der Waals surface area contributed by atoms with Crippen molar-refractivity contribution in [1.82, 2.24) is 19.8 Å². The van der Waals surface area contributed by atoms with Crippen LogP contribution in [0.3, 0.4) is 0 Å². The number of hydrogen-bond donors (Lipinski definition) is 0. The lowest BCUT2D eigenvalue weighted by Gasteiger charge is -2.58. The second-order valence-electron chi connectivity index (χ2n) is 10.7. The van der Waals surface area contributed by atoms with Gasteiger partial charge in [-0.15, -0.1) is 0 Å². The zero-order chi connectivity index (χ0) is 25.7. The monoisotopic (exact) mass is 533 g/mol. The minimum Gasteiger partial charge on any atom is -0.446 e. The molecule has 3 aliphatic rings. The third kappa shape index (κ3) is 5.17. The van der Waals surface area contributed by atoms with Crippen LogP contribution in [0, 0.1) is 5.41 Å². The first-order valence-electron chi connectivity index (χ1n) is 12.2. The van der Waals surface area contributed by atoms with Crippen LogP contribution < -0.4 is 4.90 Å². The van der Waals surface area contributed by atoms with Gasteiger partial charge >= 0.3 is 6.09 Å². The van der Waals surface area contributed by atoms with Gasteiger partial charge in [0.25, 0.3) is 0 Å². The SMILES string of the molecule is C[C@@H]1CN(c2ncc(S(C)(=O)=O)cn2)C[C@H](C)N1C(=O)OC1CC2(C1)CN(Cc1ccc(Cl)cc1)C2. The largest absolute Gasteiger partial charge is 0.446 e. The Kier molecular flexibility index (Phi) is 6.63. The number of amides is 1. The fraction of sp³-hybridized carbons (Fsp3) is 0.560. The number of rotatable bonds is 5. The highest BCUT2D eigenvalue weighted by Gasteiger charge is 2.54. The van der Waals surface area contributed by atoms with E-state index in [4.69, 9.17) is 16.3 Å². The van der Waals surface area contributed by atoms with Crippen molar-refractivity contribution >= 4 is 33.5 Å². The first-order valence-corrected chi connectivity index (χ1v) is 14.5. The zero-order valence-electron chi connectivity index (χ0n) is 20.8. The molecule has 3 heterocycles. The number of hydrogen-bond acceptors (Lipinski definition) is 8. The number of aromatic nitrogens is 2. The van der Waals surface area contributed by atoms with Crippen LogP contribution in [0.25, 0.3) is 0 Å². The quantitative estimate of drug-likeness (QED) is 0.578. The van der Waals surface area contributed by atoms with E-state index in [1.807, 2.05) is 30.9 Å². The summed E-state index contributed by atoms with van der Waals surface area (Å²) in [6.45, 7) is 8.05. The number of likely N-dealkylation sites (tertiary alicyclic amines) is 1. The summed E-state index contributed by atoms with van der Waals surface area (Å²) in [5, 5.41) is 0.754. The van der Waals surface area contributed by atoms with Gasteiger partial charge in [0.2, 0.25) is 5.95 Å². The van der Waals surface area contributed by atoms with Crippen molar-refractivity contribution in [3.05, 3.63) is 47.2 Å². The molecule has 1 amide bonds. The molecule has 1 spiro atoms. The topological polar surface area (TPSA) is 95.9 Å². The fourth-order valence-corrected chi connectivity index (χ4v) is 6.44. The number of piperazine rings is 1. The molecule has 2 aromatic rings. The molecular formula is C25H32ClN5O4S. The molecule has 3 fully saturated rings. The summed E-state index contributed by atoms with van der Waals surface area (Å²) in [6, 6.07) is 7.80. The highest BCUT2D eigenvalue weighted by molar-refractivity contribution is 7.90. The molecule has 36 heavy (non-hydrogen) atoms. The maximum absolute atomic E-state index is 13.0. The predicted octanol–water partition coefficient (Wildman–Crippen LogP) is 3.23. The van der Waals surface area contributed by atoms with Crippen LogP contribution in [0.2, 0.25) is 5.02 Å². The normalized spacial score (nSPS) is 24.3. The van der Waals surface area contributed by atoms with Crippen LogP contribution in [-0.2, 0) is 21.1 Å². The lowest BCUT2D eigenvalue weighted by molar-refractivity contribution is -0.137. The smallest absolute Gasteiger partial charge is 0.410 e. The van der Waals surface area contributed by atoms with Gasteiger partial charge in [0.1, 0.15) is 11.0 Å². The average Bonchev–Trinajstić information content (AvgIpc) is 2.76. The van der Waals surface area contributed by atoms with Gasteiger partial charge in [-0.2, -0.15) is 0 Å². The van der Waals surface area contributed by atoms with Crippen molar-refractivity contribution in [2.75, 3.05) is 37.3 Å². The molecule has 2 saturated heterocycles. The number of benzene rings is 1. The lowest BCUT2D eigenvalue weighted by Crippen LogP contribution is -2.65. The van der Waals surface area contributed by atoms with Crippen LogP contribution in [0.4, 0.5) is 10.7 Å². The summed E-state index contributed by atoms with van der Waals surface area (Å²) in [7, 11) is -3.35. The van der Waals surface area contributed by atoms with Crippen molar-refractivity contribution in [3.8, 4) is 0 Å². The van der Waals surface area contributed by atoms with Crippen LogP contribution in [0.5, 0.6) is 0 Å². The molecule has 0 bridgehead atoms. The molecule has 194 valence electrons. The molecule has 0 radical (unpaired) electrons. The summed E-state index contributed by atoms with van der Waals surface area (Å²) in [5.74, 6) is 0.461. The Bertz CT molecular complexity index is 1200. The van der Waals surface area contributed by atoms with E-state index in [0.29, 0.717) is 19.0 Å². The molecule has 1 saturated carbocycles. The van der Waals surface area contributed by atoms with Gasteiger partial charge in [-0.05, 0) is 44.4 Å². The maximum Gasteiger partial charge on any atom is 0.410 e. The first kappa shape index (κ1) is 25.2. The molecule has 2 aliphatic heterocycles. The number of nitrogens with zero attached hydrogens (tertiary/aromatic N) is 5. The number of carbonyl (C=O) groups excluding carboxylic acids is 1. The Morgan fingerprint density at radius 3 is 2.22 bits per heavy atom. The van der Waals surface area contributed by atoms with Gasteiger partial charge < -0.3 is 9.64 Å². The van der Waals surface area contributed by atoms with Gasteiger partial charge in [-0.1, -0.05) is 23.7 Å². The van der Waals surface area contributed by atoms with E-state index in [2.05, 4.69) is 27.0 Å². The number of carbonyl (C=O) groups is 1. The van der Waals surface area contributed by atoms with Crippen molar-refractivity contribution in [2.24, 2.45) is 5.41 Å². The van der Waals surface area contributed by atoms with Gasteiger partial charge in [-0.3, -0.25) is 9.80 Å². The number of anilines is 1. The molecule has 2 atom stereocenters. The minimum absolute atomic E-state index is 0.0283. The van der Waals surface area contributed by atoms with E-state index >= 15 is 0 Å². The Labute approximate surface area is 217 Å². The summed E-state index contributed by atoms with van der Waals surface area (Å²) in [6.07, 6.45) is 5.33. The number of sulfone groups is 1. The summed E-state index contributed by atoms with van der Waals surface area (Å²) < 4.78 is 29.2.